The van der Waals surface area contributed by atoms with Crippen LogP contribution in [0.2, 0.25) is 0 Å². The number of aliphatic hydroxyl groups excluding tert-OH is 1. The van der Waals surface area contributed by atoms with Gasteiger partial charge in [0.15, 0.2) is 5.84 Å². The first-order chi connectivity index (χ1) is 17.4. The first-order valence-electron chi connectivity index (χ1n) is 11.2. The molecule has 3 N–H and O–H groups in total. The Balaban J connectivity index is 1.52. The fraction of sp³-hybridized carbons (Fsp3) is 0.364. The van der Waals surface area contributed by atoms with Crippen LogP contribution in [-0.2, 0) is 37.9 Å². The molecule has 3 heterocycles. The molecule has 5 rings (SSSR count). The number of carbonyl (C=O) groups excluding carboxylic acids is 1. The van der Waals surface area contributed by atoms with Crippen LogP contribution in [0.25, 0.3) is 0 Å². The number of thiophene rings is 1. The van der Waals surface area contributed by atoms with Gasteiger partial charge in [0.1, 0.15) is 32.9 Å². The third-order valence-corrected chi connectivity index (χ3v) is 9.74. The largest absolute Gasteiger partial charge is 0.511 e. The van der Waals surface area contributed by atoms with E-state index >= 15 is 0 Å². The first-order valence-corrected chi connectivity index (χ1v) is 15.4. The fourth-order valence-electron chi connectivity index (χ4n) is 4.95. The topological polar surface area (TPSA) is 145 Å². The number of hydrogen-bond acceptors (Lipinski definition) is 8. The number of fused-ring (bicyclic) bond motifs is 2. The molecule has 2 aliphatic heterocycles. The molecule has 10 nitrogen and oxygen atoms in total. The Morgan fingerprint density at radius 3 is 2.73 bits per heavy atom. The van der Waals surface area contributed by atoms with E-state index in [9.17, 15) is 35.5 Å². The second-order valence-corrected chi connectivity index (χ2v) is 13.3. The van der Waals surface area contributed by atoms with E-state index in [0.29, 0.717) is 19.3 Å². The number of benzene rings is 1. The maximum atomic E-state index is 14.4. The predicted octanol–water partition coefficient (Wildman–Crippen LogP) is 2.61. The zero-order valence-corrected chi connectivity index (χ0v) is 21.8. The molecule has 0 radical (unpaired) electrons. The lowest BCUT2D eigenvalue weighted by atomic mass is 9.89. The van der Waals surface area contributed by atoms with Crippen LogP contribution in [0, 0.1) is 17.6 Å². The molecule has 0 unspecified atom stereocenters. The summed E-state index contributed by atoms with van der Waals surface area (Å²) in [5.74, 6) is -3.46. The van der Waals surface area contributed by atoms with Gasteiger partial charge in [-0.1, -0.05) is 12.5 Å². The van der Waals surface area contributed by atoms with E-state index in [-0.39, 0.29) is 51.3 Å². The van der Waals surface area contributed by atoms with Crippen LogP contribution in [-0.4, -0.2) is 50.9 Å². The zero-order chi connectivity index (χ0) is 26.7. The van der Waals surface area contributed by atoms with E-state index in [4.69, 9.17) is 0 Å². The van der Waals surface area contributed by atoms with Gasteiger partial charge < -0.3 is 15.3 Å². The normalized spacial score (nSPS) is 22.9. The average molecular weight is 573 g/mol. The summed E-state index contributed by atoms with van der Waals surface area (Å²) in [7, 11) is -7.96. The molecule has 0 saturated heterocycles. The van der Waals surface area contributed by atoms with Gasteiger partial charge in [-0.05, 0) is 24.3 Å². The van der Waals surface area contributed by atoms with Crippen molar-refractivity contribution in [3.63, 3.8) is 0 Å². The maximum absolute atomic E-state index is 14.4. The number of nitrogens with one attached hydrogen (secondary N) is 2. The van der Waals surface area contributed by atoms with Crippen LogP contribution in [0.15, 0.2) is 44.2 Å². The molecule has 1 fully saturated rings. The van der Waals surface area contributed by atoms with Gasteiger partial charge in [0.2, 0.25) is 10.0 Å². The maximum Gasteiger partial charge on any atom is 0.287 e. The lowest BCUT2D eigenvalue weighted by Gasteiger charge is -2.38. The number of nitrogens with zero attached hydrogens (tertiary/aromatic N) is 2. The Morgan fingerprint density at radius 1 is 1.27 bits per heavy atom. The third kappa shape index (κ3) is 4.76. The van der Waals surface area contributed by atoms with Crippen LogP contribution in [0.1, 0.15) is 30.4 Å². The summed E-state index contributed by atoms with van der Waals surface area (Å²) in [5.41, 5.74) is -0.0712. The van der Waals surface area contributed by atoms with E-state index < -0.39 is 49.5 Å². The number of halogens is 2. The predicted molar refractivity (Wildman–Crippen MR) is 132 cm³/mol. The summed E-state index contributed by atoms with van der Waals surface area (Å²) in [6.07, 6.45) is 2.72. The molecule has 0 bridgehead atoms. The zero-order valence-electron chi connectivity index (χ0n) is 19.4. The summed E-state index contributed by atoms with van der Waals surface area (Å²) >= 11 is 0.981. The minimum absolute atomic E-state index is 0.0795. The van der Waals surface area contributed by atoms with Gasteiger partial charge in [-0.25, -0.2) is 21.9 Å². The molecule has 37 heavy (non-hydrogen) atoms. The number of aliphatic hydroxyl groups is 1. The van der Waals surface area contributed by atoms with Crippen molar-refractivity contribution < 1.29 is 35.5 Å². The summed E-state index contributed by atoms with van der Waals surface area (Å²) in [4.78, 5) is 14.8. The molecule has 15 heteroatoms. The smallest absolute Gasteiger partial charge is 0.287 e. The molecule has 2 aromatic rings. The van der Waals surface area contributed by atoms with Crippen molar-refractivity contribution in [2.75, 3.05) is 11.6 Å². The molecular weight excluding hydrogens is 550 g/mol. The summed E-state index contributed by atoms with van der Waals surface area (Å²) < 4.78 is 83.0. The SMILES string of the molecule is CS(=O)(=O)NCc1csc2c1S(=O)(=O)N=C(C1=C(O)[C@@H]3CCC[C@@H]3N(Cc3ccc(F)cc3F)C1=O)N2. The van der Waals surface area contributed by atoms with Crippen molar-refractivity contribution in [2.45, 2.75) is 43.3 Å². The monoisotopic (exact) mass is 572 g/mol. The van der Waals surface area contributed by atoms with Gasteiger partial charge in [-0.3, -0.25) is 4.79 Å². The van der Waals surface area contributed by atoms with Gasteiger partial charge in [0.05, 0.1) is 6.26 Å². The average Bonchev–Trinajstić information content (AvgIpc) is 3.44. The number of sulfonamides is 2. The molecule has 1 amide bonds. The van der Waals surface area contributed by atoms with Crippen molar-refractivity contribution in [1.29, 1.82) is 0 Å². The molecule has 1 aromatic carbocycles. The van der Waals surface area contributed by atoms with Crippen LogP contribution < -0.4 is 10.0 Å². The van der Waals surface area contributed by atoms with Crippen LogP contribution in [0.4, 0.5) is 13.8 Å². The minimum Gasteiger partial charge on any atom is -0.511 e. The van der Waals surface area contributed by atoms with E-state index in [2.05, 4.69) is 14.4 Å². The fourth-order valence-corrected chi connectivity index (χ4v) is 7.98. The third-order valence-electron chi connectivity index (χ3n) is 6.60. The number of rotatable bonds is 6. The Bertz CT molecular complexity index is 1580. The van der Waals surface area contributed by atoms with Crippen LogP contribution in [0.5, 0.6) is 0 Å². The first kappa shape index (κ1) is 25.8. The van der Waals surface area contributed by atoms with Crippen molar-refractivity contribution in [3.8, 4) is 0 Å². The molecule has 198 valence electrons. The second-order valence-electron chi connectivity index (χ2n) is 9.09. The summed E-state index contributed by atoms with van der Waals surface area (Å²) in [6.45, 7) is -0.474. The number of amides is 1. The van der Waals surface area contributed by atoms with Gasteiger partial charge >= 0.3 is 0 Å². The van der Waals surface area contributed by atoms with E-state index in [1.54, 1.807) is 0 Å². The summed E-state index contributed by atoms with van der Waals surface area (Å²) in [5, 5.41) is 15.4. The molecule has 0 spiro atoms. The molecule has 1 aromatic heterocycles. The van der Waals surface area contributed by atoms with Crippen molar-refractivity contribution in [3.05, 3.63) is 57.7 Å². The molecule has 1 saturated carbocycles. The number of amidine groups is 1. The molecule has 2 atom stereocenters. The highest BCUT2D eigenvalue weighted by Crippen LogP contribution is 2.43. The Hall–Kier alpha value is -2.88. The van der Waals surface area contributed by atoms with Gasteiger partial charge in [-0.15, -0.1) is 15.7 Å². The highest BCUT2D eigenvalue weighted by molar-refractivity contribution is 7.91. The van der Waals surface area contributed by atoms with Gasteiger partial charge in [0, 0.05) is 42.2 Å². The van der Waals surface area contributed by atoms with Gasteiger partial charge in [0.25, 0.3) is 15.9 Å². The van der Waals surface area contributed by atoms with Gasteiger partial charge in [-0.2, -0.15) is 8.42 Å². The molecule has 3 aliphatic rings. The van der Waals surface area contributed by atoms with Crippen molar-refractivity contribution in [1.82, 2.24) is 9.62 Å². The number of hydrogen-bond donors (Lipinski definition) is 3. The lowest BCUT2D eigenvalue weighted by Crippen LogP contribution is -2.49. The van der Waals surface area contributed by atoms with Crippen LogP contribution >= 0.6 is 11.3 Å². The van der Waals surface area contributed by atoms with Crippen molar-refractivity contribution in [2.24, 2.45) is 10.3 Å². The lowest BCUT2D eigenvalue weighted by molar-refractivity contribution is -0.132. The second kappa shape index (κ2) is 9.15. The minimum atomic E-state index is -4.37. The molecular formula is C22H22F2N4O6S3. The quantitative estimate of drug-likeness (QED) is 0.483. The highest BCUT2D eigenvalue weighted by atomic mass is 32.2. The molecule has 1 aliphatic carbocycles. The Kier molecular flexibility index (Phi) is 6.37. The highest BCUT2D eigenvalue weighted by Gasteiger charge is 2.47. The number of carbonyl (C=O) groups is 1. The van der Waals surface area contributed by atoms with E-state index in [1.165, 1.54) is 16.3 Å². The standard InChI is InChI=1S/C22H22F2N4O6S3/c1-36(31,32)25-8-12-10-35-21-19(12)37(33,34)27-20(26-21)17-18(29)14-3-2-4-16(14)28(22(17)30)9-11-5-6-13(23)7-15(11)24/h5-7,10,14,16,25,29H,2-4,8-9H2,1H3,(H,26,27)/t14-,16+/m1/s1. The van der Waals surface area contributed by atoms with E-state index in [1.807, 2.05) is 0 Å². The Morgan fingerprint density at radius 2 is 2.03 bits per heavy atom. The van der Waals surface area contributed by atoms with E-state index in [0.717, 1.165) is 29.7 Å². The van der Waals surface area contributed by atoms with Crippen LogP contribution in [0.3, 0.4) is 0 Å². The van der Waals surface area contributed by atoms with Crippen molar-refractivity contribution >= 4 is 48.1 Å². The number of anilines is 1. The Labute approximate surface area is 215 Å². The summed E-state index contributed by atoms with van der Waals surface area (Å²) in [6, 6.07) is 2.61.